The quantitative estimate of drug-likeness (QED) is 0.835. The van der Waals surface area contributed by atoms with Crippen LogP contribution in [0.15, 0.2) is 33.6 Å². The zero-order valence-electron chi connectivity index (χ0n) is 11.2. The Morgan fingerprint density at radius 1 is 1.29 bits per heavy atom. The maximum atomic E-state index is 12.4. The summed E-state index contributed by atoms with van der Waals surface area (Å²) in [4.78, 5) is 11.4. The summed E-state index contributed by atoms with van der Waals surface area (Å²) >= 11 is 4.23. The zero-order valence-corrected chi connectivity index (χ0v) is 14.4. The molecular formula is C13H12BrNO4S2. The van der Waals surface area contributed by atoms with Crippen molar-refractivity contribution < 1.29 is 18.3 Å². The van der Waals surface area contributed by atoms with E-state index in [0.717, 1.165) is 21.4 Å². The van der Waals surface area contributed by atoms with Crippen molar-refractivity contribution in [1.82, 2.24) is 0 Å². The number of halogens is 1. The van der Waals surface area contributed by atoms with Gasteiger partial charge in [0, 0.05) is 9.35 Å². The van der Waals surface area contributed by atoms with E-state index in [1.165, 1.54) is 6.07 Å². The number of carboxylic acids is 1. The molecule has 112 valence electrons. The minimum Gasteiger partial charge on any atom is -0.477 e. The van der Waals surface area contributed by atoms with Crippen LogP contribution in [-0.4, -0.2) is 19.5 Å². The van der Waals surface area contributed by atoms with Gasteiger partial charge in [-0.2, -0.15) is 0 Å². The number of anilines is 1. The van der Waals surface area contributed by atoms with Crippen LogP contribution in [-0.2, 0) is 10.0 Å². The van der Waals surface area contributed by atoms with Gasteiger partial charge in [-0.25, -0.2) is 13.2 Å². The minimum absolute atomic E-state index is 0.00107. The number of nitrogens with one attached hydrogen (secondary N) is 1. The van der Waals surface area contributed by atoms with Gasteiger partial charge in [-0.1, -0.05) is 22.0 Å². The van der Waals surface area contributed by atoms with E-state index in [-0.39, 0.29) is 9.77 Å². The molecule has 0 radical (unpaired) electrons. The monoisotopic (exact) mass is 389 g/mol. The summed E-state index contributed by atoms with van der Waals surface area (Å²) in [6, 6.07) is 6.43. The number of aromatic carboxylic acids is 1. The van der Waals surface area contributed by atoms with Gasteiger partial charge in [0.2, 0.25) is 0 Å². The van der Waals surface area contributed by atoms with Gasteiger partial charge >= 0.3 is 5.97 Å². The highest BCUT2D eigenvalue weighted by Crippen LogP contribution is 2.29. The van der Waals surface area contributed by atoms with Gasteiger partial charge in [0.1, 0.15) is 9.77 Å². The number of rotatable bonds is 4. The molecule has 0 fully saturated rings. The Morgan fingerprint density at radius 2 is 1.95 bits per heavy atom. The fraction of sp³-hybridized carbons (Fsp3) is 0.154. The van der Waals surface area contributed by atoms with Crippen molar-refractivity contribution >= 4 is 48.9 Å². The molecule has 21 heavy (non-hydrogen) atoms. The number of thiophene rings is 1. The molecule has 2 N–H and O–H groups in total. The van der Waals surface area contributed by atoms with Crippen LogP contribution < -0.4 is 4.72 Å². The van der Waals surface area contributed by atoms with Crippen LogP contribution >= 0.6 is 27.3 Å². The van der Waals surface area contributed by atoms with Crippen LogP contribution in [0.2, 0.25) is 0 Å². The first kappa shape index (κ1) is 16.0. The highest BCUT2D eigenvalue weighted by Gasteiger charge is 2.22. The summed E-state index contributed by atoms with van der Waals surface area (Å²) < 4.78 is 28.1. The normalized spacial score (nSPS) is 11.4. The summed E-state index contributed by atoms with van der Waals surface area (Å²) in [7, 11) is -3.82. The van der Waals surface area contributed by atoms with Crippen molar-refractivity contribution in [2.24, 2.45) is 0 Å². The predicted octanol–water partition coefficient (Wildman–Crippen LogP) is 3.63. The first-order valence-corrected chi connectivity index (χ1v) is 8.92. The van der Waals surface area contributed by atoms with E-state index in [1.807, 2.05) is 6.07 Å². The standard InChI is InChI=1S/C13H12BrNO4S2/c1-7-3-4-9(14)5-10(7)15-21(18,19)12-6-11(13(16)17)20-8(12)2/h3-6,15H,1-2H3,(H,16,17). The van der Waals surface area contributed by atoms with Gasteiger partial charge in [0.25, 0.3) is 10.0 Å². The molecule has 1 heterocycles. The van der Waals surface area contributed by atoms with Gasteiger partial charge in [-0.05, 0) is 37.6 Å². The topological polar surface area (TPSA) is 83.5 Å². The second-order valence-electron chi connectivity index (χ2n) is 4.40. The van der Waals surface area contributed by atoms with E-state index >= 15 is 0 Å². The number of carboxylic acid groups (broad SMARTS) is 1. The first-order chi connectivity index (χ1) is 9.70. The fourth-order valence-corrected chi connectivity index (χ4v) is 4.66. The average Bonchev–Trinajstić information content (AvgIpc) is 2.77. The van der Waals surface area contributed by atoms with E-state index in [0.29, 0.717) is 10.6 Å². The number of hydrogen-bond acceptors (Lipinski definition) is 4. The Balaban J connectivity index is 2.43. The highest BCUT2D eigenvalue weighted by molar-refractivity contribution is 9.10. The predicted molar refractivity (Wildman–Crippen MR) is 85.7 cm³/mol. The molecule has 5 nitrogen and oxygen atoms in total. The molecule has 0 spiro atoms. The fourth-order valence-electron chi connectivity index (χ4n) is 1.74. The van der Waals surface area contributed by atoms with E-state index in [9.17, 15) is 13.2 Å². The molecule has 1 aromatic carbocycles. The first-order valence-electron chi connectivity index (χ1n) is 5.83. The van der Waals surface area contributed by atoms with Crippen molar-refractivity contribution in [1.29, 1.82) is 0 Å². The third kappa shape index (κ3) is 3.45. The maximum absolute atomic E-state index is 12.4. The maximum Gasteiger partial charge on any atom is 0.345 e. The Labute approximate surface area is 134 Å². The molecule has 0 atom stereocenters. The van der Waals surface area contributed by atoms with Crippen LogP contribution in [0.1, 0.15) is 20.1 Å². The molecule has 0 aliphatic rings. The summed E-state index contributed by atoms with van der Waals surface area (Å²) in [6.07, 6.45) is 0. The Bertz CT molecular complexity index is 812. The van der Waals surface area contributed by atoms with Crippen molar-refractivity contribution in [3.05, 3.63) is 44.1 Å². The number of aryl methyl sites for hydroxylation is 2. The van der Waals surface area contributed by atoms with E-state index < -0.39 is 16.0 Å². The lowest BCUT2D eigenvalue weighted by Gasteiger charge is -2.10. The summed E-state index contributed by atoms with van der Waals surface area (Å²) in [5.74, 6) is -1.14. The Hall–Kier alpha value is -1.38. The molecule has 1 aromatic heterocycles. The molecule has 0 saturated carbocycles. The van der Waals surface area contributed by atoms with Crippen LogP contribution in [0.4, 0.5) is 5.69 Å². The lowest BCUT2D eigenvalue weighted by Crippen LogP contribution is -2.14. The second kappa shape index (κ2) is 5.78. The van der Waals surface area contributed by atoms with Gasteiger partial charge in [-0.3, -0.25) is 4.72 Å². The van der Waals surface area contributed by atoms with E-state index in [4.69, 9.17) is 5.11 Å². The van der Waals surface area contributed by atoms with Crippen molar-refractivity contribution in [3.8, 4) is 0 Å². The van der Waals surface area contributed by atoms with Gasteiger partial charge < -0.3 is 5.11 Å². The Kier molecular flexibility index (Phi) is 4.40. The molecular weight excluding hydrogens is 378 g/mol. The average molecular weight is 390 g/mol. The van der Waals surface area contributed by atoms with Crippen molar-refractivity contribution in [2.45, 2.75) is 18.7 Å². The number of carbonyl (C=O) groups is 1. The molecule has 0 saturated heterocycles. The molecule has 8 heteroatoms. The molecule has 2 aromatic rings. The largest absolute Gasteiger partial charge is 0.477 e. The number of hydrogen-bond donors (Lipinski definition) is 2. The van der Waals surface area contributed by atoms with E-state index in [2.05, 4.69) is 20.7 Å². The van der Waals surface area contributed by atoms with Gasteiger partial charge in [-0.15, -0.1) is 11.3 Å². The summed E-state index contributed by atoms with van der Waals surface area (Å²) in [5, 5.41) is 8.95. The molecule has 0 bridgehead atoms. The van der Waals surface area contributed by atoms with Crippen LogP contribution in [0, 0.1) is 13.8 Å². The molecule has 0 unspecified atom stereocenters. The summed E-state index contributed by atoms with van der Waals surface area (Å²) in [5.41, 5.74) is 1.22. The van der Waals surface area contributed by atoms with Crippen LogP contribution in [0.25, 0.3) is 0 Å². The molecule has 0 aliphatic heterocycles. The minimum atomic E-state index is -3.82. The molecule has 0 amide bonds. The van der Waals surface area contributed by atoms with E-state index in [1.54, 1.807) is 26.0 Å². The number of sulfonamides is 1. The highest BCUT2D eigenvalue weighted by atomic mass is 79.9. The third-order valence-electron chi connectivity index (χ3n) is 2.82. The van der Waals surface area contributed by atoms with Crippen molar-refractivity contribution in [2.75, 3.05) is 4.72 Å². The smallest absolute Gasteiger partial charge is 0.345 e. The summed E-state index contributed by atoms with van der Waals surface area (Å²) in [6.45, 7) is 3.37. The van der Waals surface area contributed by atoms with Gasteiger partial charge in [0.15, 0.2) is 0 Å². The van der Waals surface area contributed by atoms with Crippen LogP contribution in [0.3, 0.4) is 0 Å². The Morgan fingerprint density at radius 3 is 2.52 bits per heavy atom. The lowest BCUT2D eigenvalue weighted by molar-refractivity contribution is 0.0702. The van der Waals surface area contributed by atoms with Gasteiger partial charge in [0.05, 0.1) is 5.69 Å². The second-order valence-corrected chi connectivity index (χ2v) is 8.22. The van der Waals surface area contributed by atoms with Crippen LogP contribution in [0.5, 0.6) is 0 Å². The number of benzene rings is 1. The molecule has 0 aliphatic carbocycles. The SMILES string of the molecule is Cc1ccc(Br)cc1NS(=O)(=O)c1cc(C(=O)O)sc1C. The third-order valence-corrected chi connectivity index (χ3v) is 5.97. The van der Waals surface area contributed by atoms with Crippen molar-refractivity contribution in [3.63, 3.8) is 0 Å². The lowest BCUT2D eigenvalue weighted by atomic mass is 10.2. The molecule has 2 rings (SSSR count). The zero-order chi connectivity index (χ0) is 15.8.